The molecule has 0 saturated heterocycles. The lowest BCUT2D eigenvalue weighted by Crippen LogP contribution is -2.10. The molecule has 3 heteroatoms. The van der Waals surface area contributed by atoms with Crippen molar-refractivity contribution in [1.82, 2.24) is 4.98 Å². The molecule has 0 aliphatic heterocycles. The Hall–Kier alpha value is -6.29. The topological polar surface area (TPSA) is 16.1 Å². The van der Waals surface area contributed by atoms with Crippen LogP contribution in [0.4, 0.5) is 17.1 Å². The predicted octanol–water partition coefficient (Wildman–Crippen LogP) is 13.7. The van der Waals surface area contributed by atoms with Crippen LogP contribution in [0.15, 0.2) is 182 Å². The first-order chi connectivity index (χ1) is 24.8. The molecule has 0 radical (unpaired) electrons. The van der Waals surface area contributed by atoms with Gasteiger partial charge in [-0.3, -0.25) is 4.98 Å². The highest BCUT2D eigenvalue weighted by Gasteiger charge is 2.19. The van der Waals surface area contributed by atoms with Crippen LogP contribution in [0, 0.1) is 0 Å². The fourth-order valence-corrected chi connectivity index (χ4v) is 8.85. The Kier molecular flexibility index (Phi) is 6.71. The number of hydrogen-bond acceptors (Lipinski definition) is 3. The Balaban J connectivity index is 1.22. The first kappa shape index (κ1) is 28.7. The first-order valence-corrected chi connectivity index (χ1v) is 17.8. The number of nitrogens with zero attached hydrogens (tertiary/aromatic N) is 2. The van der Waals surface area contributed by atoms with Crippen molar-refractivity contribution in [3.05, 3.63) is 182 Å². The number of aromatic nitrogens is 1. The van der Waals surface area contributed by atoms with E-state index in [0.717, 1.165) is 28.0 Å². The summed E-state index contributed by atoms with van der Waals surface area (Å²) in [4.78, 5) is 7.44. The molecule has 0 aliphatic rings. The molecule has 0 fully saturated rings. The molecule has 10 rings (SSSR count). The summed E-state index contributed by atoms with van der Waals surface area (Å²) >= 11 is 1.87. The van der Waals surface area contributed by atoms with Crippen molar-refractivity contribution in [2.45, 2.75) is 0 Å². The highest BCUT2D eigenvalue weighted by Crippen LogP contribution is 2.46. The second-order valence-corrected chi connectivity index (χ2v) is 13.8. The van der Waals surface area contributed by atoms with Gasteiger partial charge >= 0.3 is 0 Å². The van der Waals surface area contributed by atoms with E-state index in [0.29, 0.717) is 0 Å². The Morgan fingerprint density at radius 3 is 1.94 bits per heavy atom. The average Bonchev–Trinajstić information content (AvgIpc) is 3.57. The summed E-state index contributed by atoms with van der Waals surface area (Å²) in [6, 6.07) is 63.5. The maximum absolute atomic E-state index is 5.08. The molecule has 0 aliphatic carbocycles. The lowest BCUT2D eigenvalue weighted by Gasteiger charge is -2.27. The van der Waals surface area contributed by atoms with E-state index < -0.39 is 0 Å². The van der Waals surface area contributed by atoms with Gasteiger partial charge in [0.2, 0.25) is 0 Å². The third kappa shape index (κ3) is 4.59. The molecule has 50 heavy (non-hydrogen) atoms. The van der Waals surface area contributed by atoms with Gasteiger partial charge in [0.05, 0.1) is 11.2 Å². The molecular weight excluding hydrogens is 625 g/mol. The maximum Gasteiger partial charge on any atom is 0.0801 e. The second kappa shape index (κ2) is 11.7. The standard InChI is InChI=1S/C47H30N2S/c1-3-12-31(13-4-1)36-28-29-48-46-42(36)30-41(39-26-27-40-38-19-9-10-21-44(38)50-47(40)45(39)46)33-22-24-35(25-23-33)49(34-16-5-2-6-17-34)43-20-11-15-32-14-7-8-18-37(32)43/h1-30H. The van der Waals surface area contributed by atoms with Crippen LogP contribution >= 0.6 is 11.3 Å². The van der Waals surface area contributed by atoms with Crippen LogP contribution in [0.1, 0.15) is 0 Å². The van der Waals surface area contributed by atoms with Gasteiger partial charge in [-0.05, 0) is 81.6 Å². The highest BCUT2D eigenvalue weighted by molar-refractivity contribution is 7.26. The van der Waals surface area contributed by atoms with Crippen molar-refractivity contribution in [3.8, 4) is 22.3 Å². The van der Waals surface area contributed by atoms with Crippen LogP contribution in [-0.4, -0.2) is 4.98 Å². The number of benzene rings is 8. The predicted molar refractivity (Wildman–Crippen MR) is 215 cm³/mol. The van der Waals surface area contributed by atoms with Crippen LogP contribution in [0.2, 0.25) is 0 Å². The average molecular weight is 655 g/mol. The van der Waals surface area contributed by atoms with Gasteiger partial charge in [0.25, 0.3) is 0 Å². The SMILES string of the molecule is c1ccc(-c2ccnc3c2cc(-c2ccc(N(c4ccccc4)c4cccc5ccccc45)cc2)c2ccc4c5ccccc5sc4c23)cc1. The summed E-state index contributed by atoms with van der Waals surface area (Å²) in [5.74, 6) is 0. The molecule has 0 atom stereocenters. The van der Waals surface area contributed by atoms with Crippen LogP contribution in [0.25, 0.3) is 74.9 Å². The van der Waals surface area contributed by atoms with Crippen molar-refractivity contribution in [1.29, 1.82) is 0 Å². The van der Waals surface area contributed by atoms with Gasteiger partial charge < -0.3 is 4.90 Å². The van der Waals surface area contributed by atoms with Crippen LogP contribution in [0.5, 0.6) is 0 Å². The summed E-state index contributed by atoms with van der Waals surface area (Å²) in [7, 11) is 0. The maximum atomic E-state index is 5.08. The fourth-order valence-electron chi connectivity index (χ4n) is 7.60. The van der Waals surface area contributed by atoms with Crippen molar-refractivity contribution in [3.63, 3.8) is 0 Å². The van der Waals surface area contributed by atoms with Gasteiger partial charge in [-0.1, -0.05) is 127 Å². The number of pyridine rings is 1. The minimum absolute atomic E-state index is 1.05. The second-order valence-electron chi connectivity index (χ2n) is 12.7. The Labute approximate surface area is 294 Å². The lowest BCUT2D eigenvalue weighted by atomic mass is 9.91. The Bertz CT molecular complexity index is 2850. The van der Waals surface area contributed by atoms with E-state index >= 15 is 0 Å². The van der Waals surface area contributed by atoms with E-state index in [1.54, 1.807) is 0 Å². The smallest absolute Gasteiger partial charge is 0.0801 e. The van der Waals surface area contributed by atoms with Crippen LogP contribution < -0.4 is 4.90 Å². The van der Waals surface area contributed by atoms with E-state index in [1.807, 2.05) is 17.5 Å². The molecule has 2 nitrogen and oxygen atoms in total. The molecule has 2 heterocycles. The molecule has 0 bridgehead atoms. The molecule has 10 aromatic rings. The summed E-state index contributed by atoms with van der Waals surface area (Å²) in [6.07, 6.45) is 1.97. The summed E-state index contributed by atoms with van der Waals surface area (Å²) < 4.78 is 2.59. The molecule has 0 amide bonds. The quantitative estimate of drug-likeness (QED) is 0.172. The van der Waals surface area contributed by atoms with Crippen molar-refractivity contribution in [2.24, 2.45) is 0 Å². The summed E-state index contributed by atoms with van der Waals surface area (Å²) in [6.45, 7) is 0. The Morgan fingerprint density at radius 1 is 0.440 bits per heavy atom. The normalized spacial score (nSPS) is 11.6. The molecule has 234 valence electrons. The van der Waals surface area contributed by atoms with Gasteiger partial charge in [0.1, 0.15) is 0 Å². The fraction of sp³-hybridized carbons (Fsp3) is 0. The van der Waals surface area contributed by atoms with E-state index in [4.69, 9.17) is 4.98 Å². The zero-order valence-electron chi connectivity index (χ0n) is 27.1. The summed E-state index contributed by atoms with van der Waals surface area (Å²) in [5.41, 5.74) is 9.21. The number of anilines is 3. The first-order valence-electron chi connectivity index (χ1n) is 17.0. The van der Waals surface area contributed by atoms with E-state index in [1.165, 1.54) is 64.0 Å². The van der Waals surface area contributed by atoms with E-state index in [-0.39, 0.29) is 0 Å². The highest BCUT2D eigenvalue weighted by atomic mass is 32.1. The third-order valence-corrected chi connectivity index (χ3v) is 11.1. The molecule has 0 spiro atoms. The van der Waals surface area contributed by atoms with Crippen molar-refractivity contribution >= 4 is 81.0 Å². The third-order valence-electron chi connectivity index (χ3n) is 9.90. The zero-order chi connectivity index (χ0) is 33.0. The lowest BCUT2D eigenvalue weighted by molar-refractivity contribution is 1.30. The largest absolute Gasteiger partial charge is 0.310 e. The van der Waals surface area contributed by atoms with Crippen LogP contribution in [0.3, 0.4) is 0 Å². The van der Waals surface area contributed by atoms with Gasteiger partial charge in [-0.15, -0.1) is 11.3 Å². The van der Waals surface area contributed by atoms with Gasteiger partial charge in [0, 0.05) is 53.9 Å². The molecule has 2 aromatic heterocycles. The molecule has 8 aromatic carbocycles. The van der Waals surface area contributed by atoms with E-state index in [9.17, 15) is 0 Å². The van der Waals surface area contributed by atoms with Gasteiger partial charge in [-0.2, -0.15) is 0 Å². The number of rotatable bonds is 5. The molecule has 0 saturated carbocycles. The minimum Gasteiger partial charge on any atom is -0.310 e. The number of hydrogen-bond donors (Lipinski definition) is 0. The number of fused-ring (bicyclic) bond motifs is 8. The molecule has 0 N–H and O–H groups in total. The van der Waals surface area contributed by atoms with Crippen molar-refractivity contribution in [2.75, 3.05) is 4.90 Å². The van der Waals surface area contributed by atoms with E-state index in [2.05, 4.69) is 181 Å². The Morgan fingerprint density at radius 2 is 1.10 bits per heavy atom. The molecule has 0 unspecified atom stereocenters. The minimum atomic E-state index is 1.05. The summed E-state index contributed by atoms with van der Waals surface area (Å²) in [5, 5.41) is 8.63. The zero-order valence-corrected chi connectivity index (χ0v) is 27.9. The molecular formula is C47H30N2S. The van der Waals surface area contributed by atoms with Gasteiger partial charge in [-0.25, -0.2) is 0 Å². The van der Waals surface area contributed by atoms with Crippen molar-refractivity contribution < 1.29 is 0 Å². The monoisotopic (exact) mass is 654 g/mol. The number of para-hydroxylation sites is 1. The van der Waals surface area contributed by atoms with Crippen LogP contribution in [-0.2, 0) is 0 Å². The van der Waals surface area contributed by atoms with Gasteiger partial charge in [0.15, 0.2) is 0 Å². The number of thiophene rings is 1.